The van der Waals surface area contributed by atoms with Crippen LogP contribution in [0.15, 0.2) is 0 Å². The molecule has 0 N–H and O–H groups in total. The molecule has 68 valence electrons. The number of methoxy groups -OCH3 is 1. The summed E-state index contributed by atoms with van der Waals surface area (Å²) in [5.74, 6) is -0.477. The number of ether oxygens (including phenoxy) is 1. The minimum absolute atomic E-state index is 0.0490. The van der Waals surface area contributed by atoms with Crippen molar-refractivity contribution in [3.63, 3.8) is 0 Å². The molecule has 0 spiro atoms. The van der Waals surface area contributed by atoms with E-state index in [1.165, 1.54) is 7.11 Å². The molecule has 1 unspecified atom stereocenters. The Kier molecular flexibility index (Phi) is 2.68. The fourth-order valence-electron chi connectivity index (χ4n) is 1.40. The molecular weight excluding hydrogens is 158 g/mol. The number of nitrogens with zero attached hydrogens (tertiary/aromatic N) is 1. The lowest BCUT2D eigenvalue weighted by atomic mass is 10.1. The summed E-state index contributed by atoms with van der Waals surface area (Å²) in [6.45, 7) is 3.09. The van der Waals surface area contributed by atoms with Crippen LogP contribution in [-0.2, 0) is 14.3 Å². The van der Waals surface area contributed by atoms with E-state index in [9.17, 15) is 9.59 Å². The Balaban J connectivity index is 2.54. The number of hydrogen-bond donors (Lipinski definition) is 0. The van der Waals surface area contributed by atoms with Crippen molar-refractivity contribution in [3.8, 4) is 0 Å². The first kappa shape index (κ1) is 9.03. The third-order valence-electron chi connectivity index (χ3n) is 2.13. The van der Waals surface area contributed by atoms with Gasteiger partial charge in [-0.3, -0.25) is 9.59 Å². The Bertz CT molecular complexity index is 200. The van der Waals surface area contributed by atoms with Gasteiger partial charge in [0.15, 0.2) is 0 Å². The molecule has 0 aromatic carbocycles. The maximum Gasteiger partial charge on any atom is 0.310 e. The molecule has 0 aromatic rings. The van der Waals surface area contributed by atoms with Crippen molar-refractivity contribution in [3.05, 3.63) is 0 Å². The Hall–Kier alpha value is -1.06. The van der Waals surface area contributed by atoms with Gasteiger partial charge in [-0.15, -0.1) is 0 Å². The molecular formula is C8H13NO3. The molecule has 1 aliphatic rings. The van der Waals surface area contributed by atoms with Gasteiger partial charge in [-0.2, -0.15) is 0 Å². The average Bonchev–Trinajstić information content (AvgIpc) is 2.45. The number of hydrogen-bond acceptors (Lipinski definition) is 3. The standard InChI is InChI=1S/C8H13NO3/c1-3-9-5-6(4-7(9)10)8(11)12-2/h6H,3-5H2,1-2H3. The monoisotopic (exact) mass is 171 g/mol. The highest BCUT2D eigenvalue weighted by molar-refractivity contribution is 5.86. The Morgan fingerprint density at radius 2 is 2.42 bits per heavy atom. The van der Waals surface area contributed by atoms with Gasteiger partial charge in [0, 0.05) is 19.5 Å². The lowest BCUT2D eigenvalue weighted by Gasteiger charge is -2.12. The van der Waals surface area contributed by atoms with Gasteiger partial charge >= 0.3 is 5.97 Å². The first-order valence-electron chi connectivity index (χ1n) is 4.04. The quantitative estimate of drug-likeness (QED) is 0.550. The highest BCUT2D eigenvalue weighted by Gasteiger charge is 2.33. The summed E-state index contributed by atoms with van der Waals surface area (Å²) >= 11 is 0. The van der Waals surface area contributed by atoms with Gasteiger partial charge in [-0.1, -0.05) is 0 Å². The maximum atomic E-state index is 11.2. The summed E-state index contributed by atoms with van der Waals surface area (Å²) in [4.78, 5) is 23.8. The molecule has 4 heteroatoms. The summed E-state index contributed by atoms with van der Waals surface area (Å²) < 4.78 is 4.56. The van der Waals surface area contributed by atoms with E-state index in [2.05, 4.69) is 4.74 Å². The van der Waals surface area contributed by atoms with Gasteiger partial charge in [-0.05, 0) is 6.92 Å². The molecule has 12 heavy (non-hydrogen) atoms. The normalized spacial score (nSPS) is 23.0. The highest BCUT2D eigenvalue weighted by Crippen LogP contribution is 2.18. The van der Waals surface area contributed by atoms with Crippen LogP contribution in [0.25, 0.3) is 0 Å². The van der Waals surface area contributed by atoms with Crippen LogP contribution in [0.5, 0.6) is 0 Å². The second-order valence-corrected chi connectivity index (χ2v) is 2.86. The van der Waals surface area contributed by atoms with E-state index in [1.807, 2.05) is 6.92 Å². The molecule has 0 aromatic heterocycles. The lowest BCUT2D eigenvalue weighted by Crippen LogP contribution is -2.26. The zero-order valence-corrected chi connectivity index (χ0v) is 7.37. The molecule has 0 bridgehead atoms. The van der Waals surface area contributed by atoms with Crippen molar-refractivity contribution in [2.75, 3.05) is 20.2 Å². The average molecular weight is 171 g/mol. The topological polar surface area (TPSA) is 46.6 Å². The van der Waals surface area contributed by atoms with Crippen LogP contribution in [0.2, 0.25) is 0 Å². The molecule has 1 atom stereocenters. The fraction of sp³-hybridized carbons (Fsp3) is 0.750. The third-order valence-corrected chi connectivity index (χ3v) is 2.13. The fourth-order valence-corrected chi connectivity index (χ4v) is 1.40. The van der Waals surface area contributed by atoms with Crippen LogP contribution < -0.4 is 0 Å². The highest BCUT2D eigenvalue weighted by atomic mass is 16.5. The van der Waals surface area contributed by atoms with E-state index in [4.69, 9.17) is 0 Å². The Morgan fingerprint density at radius 1 is 1.75 bits per heavy atom. The lowest BCUT2D eigenvalue weighted by molar-refractivity contribution is -0.145. The molecule has 1 aliphatic heterocycles. The zero-order valence-electron chi connectivity index (χ0n) is 7.37. The van der Waals surface area contributed by atoms with E-state index >= 15 is 0 Å². The zero-order chi connectivity index (χ0) is 9.14. The minimum Gasteiger partial charge on any atom is -0.469 e. The molecule has 0 aliphatic carbocycles. The van der Waals surface area contributed by atoms with E-state index < -0.39 is 0 Å². The van der Waals surface area contributed by atoms with Crippen molar-refractivity contribution < 1.29 is 14.3 Å². The first-order chi connectivity index (χ1) is 5.69. The van der Waals surface area contributed by atoms with Gasteiger partial charge in [-0.25, -0.2) is 0 Å². The number of esters is 1. The predicted molar refractivity (Wildman–Crippen MR) is 42.4 cm³/mol. The molecule has 0 radical (unpaired) electrons. The predicted octanol–water partition coefficient (Wildman–Crippen LogP) is 0.0278. The number of carbonyl (C=O) groups excluding carboxylic acids is 2. The van der Waals surface area contributed by atoms with Gasteiger partial charge < -0.3 is 9.64 Å². The molecule has 1 heterocycles. The molecule has 4 nitrogen and oxygen atoms in total. The summed E-state index contributed by atoms with van der Waals surface area (Å²) in [6.07, 6.45) is 0.306. The summed E-state index contributed by atoms with van der Waals surface area (Å²) in [5.41, 5.74) is 0. The third kappa shape index (κ3) is 1.57. The van der Waals surface area contributed by atoms with Crippen LogP contribution in [0, 0.1) is 5.92 Å². The summed E-state index contributed by atoms with van der Waals surface area (Å²) in [5, 5.41) is 0. The second-order valence-electron chi connectivity index (χ2n) is 2.86. The van der Waals surface area contributed by atoms with E-state index in [1.54, 1.807) is 4.90 Å². The summed E-state index contributed by atoms with van der Waals surface area (Å²) in [7, 11) is 1.35. The molecule has 1 saturated heterocycles. The Morgan fingerprint density at radius 3 is 2.83 bits per heavy atom. The number of carbonyl (C=O) groups is 2. The molecule has 1 fully saturated rings. The van der Waals surface area contributed by atoms with Crippen LogP contribution in [-0.4, -0.2) is 37.0 Å². The van der Waals surface area contributed by atoms with E-state index in [-0.39, 0.29) is 17.8 Å². The smallest absolute Gasteiger partial charge is 0.310 e. The van der Waals surface area contributed by atoms with Crippen molar-refractivity contribution in [1.82, 2.24) is 4.90 Å². The maximum absolute atomic E-state index is 11.2. The summed E-state index contributed by atoms with van der Waals surface area (Å²) in [6, 6.07) is 0. The van der Waals surface area contributed by atoms with Crippen molar-refractivity contribution in [2.45, 2.75) is 13.3 Å². The van der Waals surface area contributed by atoms with E-state index in [0.717, 1.165) is 0 Å². The van der Waals surface area contributed by atoms with Crippen LogP contribution in [0.3, 0.4) is 0 Å². The van der Waals surface area contributed by atoms with Gasteiger partial charge in [0.05, 0.1) is 13.0 Å². The molecule has 0 saturated carbocycles. The first-order valence-corrected chi connectivity index (χ1v) is 4.04. The number of amides is 1. The second kappa shape index (κ2) is 3.56. The molecule has 1 amide bonds. The van der Waals surface area contributed by atoms with Crippen molar-refractivity contribution in [1.29, 1.82) is 0 Å². The Labute approximate surface area is 71.5 Å². The SMILES string of the molecule is CCN1CC(C(=O)OC)CC1=O. The number of likely N-dealkylation sites (tertiary alicyclic amines) is 1. The van der Waals surface area contributed by atoms with Crippen molar-refractivity contribution >= 4 is 11.9 Å². The van der Waals surface area contributed by atoms with E-state index in [0.29, 0.717) is 19.5 Å². The van der Waals surface area contributed by atoms with Crippen molar-refractivity contribution in [2.24, 2.45) is 5.92 Å². The minimum atomic E-state index is -0.278. The van der Waals surface area contributed by atoms with Crippen LogP contribution in [0.4, 0.5) is 0 Å². The van der Waals surface area contributed by atoms with Crippen LogP contribution >= 0.6 is 0 Å². The van der Waals surface area contributed by atoms with Gasteiger partial charge in [0.25, 0.3) is 0 Å². The van der Waals surface area contributed by atoms with Gasteiger partial charge in [0.1, 0.15) is 0 Å². The van der Waals surface area contributed by atoms with Crippen LogP contribution in [0.1, 0.15) is 13.3 Å². The largest absolute Gasteiger partial charge is 0.469 e. The molecule has 1 rings (SSSR count). The van der Waals surface area contributed by atoms with Gasteiger partial charge in [0.2, 0.25) is 5.91 Å². The number of rotatable bonds is 2.